The fourth-order valence-corrected chi connectivity index (χ4v) is 2.44. The molecule has 0 aromatic carbocycles. The van der Waals surface area contributed by atoms with Crippen molar-refractivity contribution in [3.63, 3.8) is 0 Å². The van der Waals surface area contributed by atoms with E-state index in [2.05, 4.69) is 15.3 Å². The van der Waals surface area contributed by atoms with E-state index in [-0.39, 0.29) is 11.4 Å². The van der Waals surface area contributed by atoms with Crippen LogP contribution in [-0.4, -0.2) is 32.5 Å². The fraction of sp³-hybridized carbons (Fsp3) is 0.250. The summed E-state index contributed by atoms with van der Waals surface area (Å²) in [6.45, 7) is 2.08. The highest BCUT2D eigenvalue weighted by molar-refractivity contribution is 7.09. The van der Waals surface area contributed by atoms with E-state index in [1.165, 1.54) is 28.8 Å². The van der Waals surface area contributed by atoms with Crippen LogP contribution in [0.5, 0.6) is 0 Å². The molecular formula is C12H12N4O4S. The lowest BCUT2D eigenvalue weighted by molar-refractivity contribution is -0.385. The van der Waals surface area contributed by atoms with Crippen LogP contribution >= 0.6 is 11.3 Å². The van der Waals surface area contributed by atoms with Gasteiger partial charge in [0, 0.05) is 24.4 Å². The standard InChI is InChI=1S/C12H12N4O4S/c1-7-9(16(19)20)2-3-10(14-7)13-5-4-11-15-8(6-21-11)12(17)18/h2-3,6H,4-5H2,1H3,(H,13,14)(H,17,18). The van der Waals surface area contributed by atoms with E-state index in [4.69, 9.17) is 5.11 Å². The van der Waals surface area contributed by atoms with Crippen molar-refractivity contribution in [1.82, 2.24) is 9.97 Å². The van der Waals surface area contributed by atoms with Gasteiger partial charge in [-0.15, -0.1) is 11.3 Å². The highest BCUT2D eigenvalue weighted by Gasteiger charge is 2.12. The number of thiazole rings is 1. The maximum atomic E-state index is 10.7. The lowest BCUT2D eigenvalue weighted by Crippen LogP contribution is -2.07. The minimum Gasteiger partial charge on any atom is -0.476 e. The lowest BCUT2D eigenvalue weighted by atomic mass is 10.3. The average Bonchev–Trinajstić information content (AvgIpc) is 2.87. The predicted molar refractivity (Wildman–Crippen MR) is 76.9 cm³/mol. The number of hydrogen-bond acceptors (Lipinski definition) is 7. The van der Waals surface area contributed by atoms with Crippen molar-refractivity contribution in [2.24, 2.45) is 0 Å². The molecule has 0 aliphatic carbocycles. The number of hydrogen-bond donors (Lipinski definition) is 2. The zero-order valence-electron chi connectivity index (χ0n) is 11.1. The number of carboxylic acids is 1. The van der Waals surface area contributed by atoms with Gasteiger partial charge < -0.3 is 10.4 Å². The Kier molecular flexibility index (Phi) is 4.43. The van der Waals surface area contributed by atoms with Crippen LogP contribution in [0.2, 0.25) is 0 Å². The number of aromatic carboxylic acids is 1. The van der Waals surface area contributed by atoms with Crippen molar-refractivity contribution in [2.45, 2.75) is 13.3 Å². The van der Waals surface area contributed by atoms with Gasteiger partial charge in [0.25, 0.3) is 5.69 Å². The molecule has 0 amide bonds. The molecule has 0 saturated carbocycles. The Morgan fingerprint density at radius 2 is 2.24 bits per heavy atom. The molecule has 110 valence electrons. The molecule has 2 heterocycles. The maximum Gasteiger partial charge on any atom is 0.355 e. The number of carboxylic acid groups (broad SMARTS) is 1. The first-order chi connectivity index (χ1) is 9.97. The summed E-state index contributed by atoms with van der Waals surface area (Å²) < 4.78 is 0. The SMILES string of the molecule is Cc1nc(NCCc2nc(C(=O)O)cs2)ccc1[N+](=O)[O-]. The van der Waals surface area contributed by atoms with Crippen molar-refractivity contribution in [3.05, 3.63) is 44.0 Å². The molecule has 0 aliphatic rings. The first-order valence-electron chi connectivity index (χ1n) is 6.01. The number of aromatic nitrogens is 2. The van der Waals surface area contributed by atoms with Crippen molar-refractivity contribution in [2.75, 3.05) is 11.9 Å². The Morgan fingerprint density at radius 3 is 2.81 bits per heavy atom. The van der Waals surface area contributed by atoms with Gasteiger partial charge >= 0.3 is 5.97 Å². The number of pyridine rings is 1. The largest absolute Gasteiger partial charge is 0.476 e. The number of anilines is 1. The zero-order valence-corrected chi connectivity index (χ0v) is 11.9. The molecule has 0 aliphatic heterocycles. The van der Waals surface area contributed by atoms with Gasteiger partial charge in [-0.25, -0.2) is 14.8 Å². The van der Waals surface area contributed by atoms with E-state index in [1.807, 2.05) is 0 Å². The molecule has 0 fully saturated rings. The van der Waals surface area contributed by atoms with E-state index in [0.29, 0.717) is 29.5 Å². The third-order valence-corrected chi connectivity index (χ3v) is 3.58. The van der Waals surface area contributed by atoms with Gasteiger partial charge in [0.1, 0.15) is 11.5 Å². The number of nitrogens with one attached hydrogen (secondary N) is 1. The van der Waals surface area contributed by atoms with Crippen LogP contribution in [0.4, 0.5) is 11.5 Å². The Balaban J connectivity index is 1.92. The number of nitro groups is 1. The molecule has 0 bridgehead atoms. The third kappa shape index (κ3) is 3.72. The first-order valence-corrected chi connectivity index (χ1v) is 6.89. The van der Waals surface area contributed by atoms with Crippen LogP contribution in [0.1, 0.15) is 21.2 Å². The van der Waals surface area contributed by atoms with E-state index >= 15 is 0 Å². The first kappa shape index (κ1) is 14.9. The molecule has 0 spiro atoms. The Bertz CT molecular complexity index is 686. The molecule has 9 heteroatoms. The summed E-state index contributed by atoms with van der Waals surface area (Å²) in [6.07, 6.45) is 0.551. The van der Waals surface area contributed by atoms with Crippen LogP contribution in [-0.2, 0) is 6.42 Å². The molecule has 2 N–H and O–H groups in total. The van der Waals surface area contributed by atoms with Crippen LogP contribution in [0, 0.1) is 17.0 Å². The smallest absolute Gasteiger partial charge is 0.355 e. The van der Waals surface area contributed by atoms with E-state index in [9.17, 15) is 14.9 Å². The third-order valence-electron chi connectivity index (χ3n) is 2.67. The maximum absolute atomic E-state index is 10.7. The van der Waals surface area contributed by atoms with Crippen molar-refractivity contribution in [1.29, 1.82) is 0 Å². The lowest BCUT2D eigenvalue weighted by Gasteiger charge is -2.05. The number of aryl methyl sites for hydroxylation is 1. The second kappa shape index (κ2) is 6.27. The summed E-state index contributed by atoms with van der Waals surface area (Å²) in [5.41, 5.74) is 0.360. The molecular weight excluding hydrogens is 296 g/mol. The van der Waals surface area contributed by atoms with Crippen LogP contribution in [0.15, 0.2) is 17.5 Å². The van der Waals surface area contributed by atoms with Crippen LogP contribution in [0.25, 0.3) is 0 Å². The monoisotopic (exact) mass is 308 g/mol. The van der Waals surface area contributed by atoms with E-state index < -0.39 is 10.9 Å². The summed E-state index contributed by atoms with van der Waals surface area (Å²) in [6, 6.07) is 2.94. The molecule has 2 aromatic rings. The van der Waals surface area contributed by atoms with Gasteiger partial charge in [-0.1, -0.05) is 0 Å². The van der Waals surface area contributed by atoms with Crippen molar-refractivity contribution < 1.29 is 14.8 Å². The van der Waals surface area contributed by atoms with Crippen molar-refractivity contribution in [3.8, 4) is 0 Å². The van der Waals surface area contributed by atoms with E-state index in [1.54, 1.807) is 6.92 Å². The normalized spacial score (nSPS) is 10.3. The van der Waals surface area contributed by atoms with Crippen LogP contribution in [0.3, 0.4) is 0 Å². The molecule has 0 radical (unpaired) electrons. The second-order valence-electron chi connectivity index (χ2n) is 4.17. The highest BCUT2D eigenvalue weighted by atomic mass is 32.1. The zero-order chi connectivity index (χ0) is 15.4. The minimum atomic E-state index is -1.04. The van der Waals surface area contributed by atoms with Crippen LogP contribution < -0.4 is 5.32 Å². The van der Waals surface area contributed by atoms with Gasteiger partial charge in [0.15, 0.2) is 5.69 Å². The highest BCUT2D eigenvalue weighted by Crippen LogP contribution is 2.18. The van der Waals surface area contributed by atoms with E-state index in [0.717, 1.165) is 0 Å². The molecule has 0 atom stereocenters. The molecule has 0 saturated heterocycles. The van der Waals surface area contributed by atoms with Gasteiger partial charge in [-0.05, 0) is 13.0 Å². The molecule has 2 aromatic heterocycles. The summed E-state index contributed by atoms with van der Waals surface area (Å²) in [4.78, 5) is 29.0. The van der Waals surface area contributed by atoms with Crippen molar-refractivity contribution >= 4 is 28.8 Å². The minimum absolute atomic E-state index is 0.0217. The second-order valence-corrected chi connectivity index (χ2v) is 5.11. The van der Waals surface area contributed by atoms with Gasteiger partial charge in [-0.2, -0.15) is 0 Å². The Labute approximate surface area is 123 Å². The molecule has 0 unspecified atom stereocenters. The summed E-state index contributed by atoms with van der Waals surface area (Å²) >= 11 is 1.28. The molecule has 21 heavy (non-hydrogen) atoms. The average molecular weight is 308 g/mol. The van der Waals surface area contributed by atoms with Gasteiger partial charge in [0.05, 0.1) is 9.93 Å². The fourth-order valence-electron chi connectivity index (χ4n) is 1.67. The van der Waals surface area contributed by atoms with Gasteiger partial charge in [-0.3, -0.25) is 10.1 Å². The van der Waals surface area contributed by atoms with Gasteiger partial charge in [0.2, 0.25) is 0 Å². The Morgan fingerprint density at radius 1 is 1.48 bits per heavy atom. The Hall–Kier alpha value is -2.55. The quantitative estimate of drug-likeness (QED) is 0.619. The predicted octanol–water partition coefficient (Wildman–Crippen LogP) is 2.11. The number of rotatable bonds is 6. The molecule has 8 nitrogen and oxygen atoms in total. The summed E-state index contributed by atoms with van der Waals surface area (Å²) in [5.74, 6) is -0.508. The topological polar surface area (TPSA) is 118 Å². The number of carbonyl (C=O) groups is 1. The molecule has 2 rings (SSSR count). The number of nitrogens with zero attached hydrogens (tertiary/aromatic N) is 3. The summed E-state index contributed by atoms with van der Waals surface area (Å²) in [7, 11) is 0. The summed E-state index contributed by atoms with van der Waals surface area (Å²) in [5, 5.41) is 24.7.